The van der Waals surface area contributed by atoms with Crippen LogP contribution in [0.4, 0.5) is 0 Å². The number of hydrogen-bond acceptors (Lipinski definition) is 5. The Morgan fingerprint density at radius 1 is 1.23 bits per heavy atom. The summed E-state index contributed by atoms with van der Waals surface area (Å²) in [6.45, 7) is 2.23. The van der Waals surface area contributed by atoms with E-state index < -0.39 is 5.91 Å². The highest BCUT2D eigenvalue weighted by atomic mass is 32.2. The van der Waals surface area contributed by atoms with Gasteiger partial charge in [-0.15, -0.1) is 23.1 Å². The summed E-state index contributed by atoms with van der Waals surface area (Å²) in [7, 11) is 1.52. The fraction of sp³-hybridized carbons (Fsp3) is 0.368. The van der Waals surface area contributed by atoms with Gasteiger partial charge in [0, 0.05) is 9.77 Å². The van der Waals surface area contributed by atoms with Gasteiger partial charge in [-0.25, -0.2) is 0 Å². The Hall–Kier alpha value is -1.99. The monoisotopic (exact) mass is 390 g/mol. The van der Waals surface area contributed by atoms with Gasteiger partial charge in [-0.2, -0.15) is 0 Å². The molecule has 1 aliphatic carbocycles. The molecule has 0 radical (unpaired) electrons. The number of hydrazine groups is 1. The lowest BCUT2D eigenvalue weighted by molar-refractivity contribution is 0.0847. The van der Waals surface area contributed by atoms with Crippen molar-refractivity contribution < 1.29 is 14.3 Å². The highest BCUT2D eigenvalue weighted by Crippen LogP contribution is 2.32. The van der Waals surface area contributed by atoms with Crippen LogP contribution in [-0.2, 0) is 12.8 Å². The Morgan fingerprint density at radius 3 is 2.73 bits per heavy atom. The molecular weight excluding hydrogens is 368 g/mol. The van der Waals surface area contributed by atoms with E-state index in [-0.39, 0.29) is 5.91 Å². The van der Waals surface area contributed by atoms with Gasteiger partial charge in [0.1, 0.15) is 5.75 Å². The molecule has 1 atom stereocenters. The third-order valence-corrected chi connectivity index (χ3v) is 6.46. The second-order valence-corrected chi connectivity index (χ2v) is 8.40. The van der Waals surface area contributed by atoms with Crippen LogP contribution >= 0.6 is 23.1 Å². The zero-order valence-electron chi connectivity index (χ0n) is 15.0. The minimum absolute atomic E-state index is 0.287. The standard InChI is InChI=1S/C19H22N2O3S2/c1-11-4-7-16-12(8-11)9-17(26-16)19(23)21-20-18(22)14-6-5-13(25-3)10-15(14)24-2/h5-6,9-11H,4,7-8H2,1-3H3,(H,20,22)(H,21,23)/t11-/m1/s1. The minimum atomic E-state index is -0.405. The average Bonchev–Trinajstić information content (AvgIpc) is 3.08. The molecule has 0 bridgehead atoms. The highest BCUT2D eigenvalue weighted by molar-refractivity contribution is 7.98. The second kappa shape index (κ2) is 8.14. The number of fused-ring (bicyclic) bond motifs is 1. The number of amides is 2. The number of carbonyl (C=O) groups excluding carboxylic acids is 2. The van der Waals surface area contributed by atoms with Crippen molar-refractivity contribution >= 4 is 34.9 Å². The lowest BCUT2D eigenvalue weighted by Crippen LogP contribution is -2.41. The molecule has 3 rings (SSSR count). The second-order valence-electron chi connectivity index (χ2n) is 6.38. The van der Waals surface area contributed by atoms with E-state index in [1.54, 1.807) is 23.9 Å². The van der Waals surface area contributed by atoms with Gasteiger partial charge in [0.05, 0.1) is 17.6 Å². The molecule has 1 aliphatic rings. The number of nitrogens with one attached hydrogen (secondary N) is 2. The third kappa shape index (κ3) is 4.04. The van der Waals surface area contributed by atoms with Gasteiger partial charge in [0.15, 0.2) is 0 Å². The normalized spacial score (nSPS) is 15.9. The molecule has 0 saturated heterocycles. The van der Waals surface area contributed by atoms with Crippen LogP contribution in [-0.4, -0.2) is 25.2 Å². The Bertz CT molecular complexity index is 832. The maximum atomic E-state index is 12.4. The van der Waals surface area contributed by atoms with E-state index in [1.165, 1.54) is 28.9 Å². The number of carbonyl (C=O) groups is 2. The summed E-state index contributed by atoms with van der Waals surface area (Å²) >= 11 is 3.08. The van der Waals surface area contributed by atoms with Crippen LogP contribution in [0.1, 0.15) is 43.8 Å². The van der Waals surface area contributed by atoms with Crippen molar-refractivity contribution in [1.29, 1.82) is 0 Å². The van der Waals surface area contributed by atoms with Crippen LogP contribution in [0.25, 0.3) is 0 Å². The van der Waals surface area contributed by atoms with E-state index in [0.717, 1.165) is 24.2 Å². The molecule has 0 unspecified atom stereocenters. The van der Waals surface area contributed by atoms with Crippen molar-refractivity contribution in [3.05, 3.63) is 45.1 Å². The van der Waals surface area contributed by atoms with Crippen molar-refractivity contribution in [3.8, 4) is 5.75 Å². The first-order valence-corrected chi connectivity index (χ1v) is 10.5. The van der Waals surface area contributed by atoms with E-state index >= 15 is 0 Å². The molecule has 2 N–H and O–H groups in total. The largest absolute Gasteiger partial charge is 0.496 e. The SMILES string of the molecule is COc1cc(SC)ccc1C(=O)NNC(=O)c1cc2c(s1)CC[C@@H](C)C2. The minimum Gasteiger partial charge on any atom is -0.496 e. The summed E-state index contributed by atoms with van der Waals surface area (Å²) in [6, 6.07) is 7.29. The van der Waals surface area contributed by atoms with E-state index in [0.29, 0.717) is 22.1 Å². The van der Waals surface area contributed by atoms with Crippen LogP contribution in [0.2, 0.25) is 0 Å². The molecule has 0 fully saturated rings. The quantitative estimate of drug-likeness (QED) is 0.617. The summed E-state index contributed by atoms with van der Waals surface area (Å²) in [5, 5.41) is 0. The Balaban J connectivity index is 1.65. The number of methoxy groups -OCH3 is 1. The number of aryl methyl sites for hydroxylation is 1. The Labute approximate surface area is 161 Å². The molecule has 2 aromatic rings. The zero-order valence-corrected chi connectivity index (χ0v) is 16.7. The topological polar surface area (TPSA) is 67.4 Å². The summed E-state index contributed by atoms with van der Waals surface area (Å²) in [5.41, 5.74) is 6.63. The Kier molecular flexibility index (Phi) is 5.88. The molecule has 1 aromatic carbocycles. The first-order valence-electron chi connectivity index (χ1n) is 8.46. The van der Waals surface area contributed by atoms with Crippen LogP contribution in [0, 0.1) is 5.92 Å². The van der Waals surface area contributed by atoms with Crippen LogP contribution in [0.3, 0.4) is 0 Å². The van der Waals surface area contributed by atoms with E-state index in [1.807, 2.05) is 18.4 Å². The first kappa shape index (κ1) is 18.8. The lowest BCUT2D eigenvalue weighted by atomic mass is 9.90. The van der Waals surface area contributed by atoms with Crippen molar-refractivity contribution in [1.82, 2.24) is 10.9 Å². The fourth-order valence-electron chi connectivity index (χ4n) is 3.05. The molecular formula is C19H22N2O3S2. The summed E-state index contributed by atoms with van der Waals surface area (Å²) < 4.78 is 5.28. The van der Waals surface area contributed by atoms with Crippen LogP contribution < -0.4 is 15.6 Å². The fourth-order valence-corrected chi connectivity index (χ4v) is 4.58. The Morgan fingerprint density at radius 2 is 2.00 bits per heavy atom. The molecule has 1 heterocycles. The van der Waals surface area contributed by atoms with E-state index in [2.05, 4.69) is 17.8 Å². The van der Waals surface area contributed by atoms with Gasteiger partial charge in [-0.3, -0.25) is 20.4 Å². The van der Waals surface area contributed by atoms with Gasteiger partial charge in [0.25, 0.3) is 11.8 Å². The van der Waals surface area contributed by atoms with Gasteiger partial charge >= 0.3 is 0 Å². The summed E-state index contributed by atoms with van der Waals surface area (Å²) in [6.07, 6.45) is 5.16. The van der Waals surface area contributed by atoms with Crippen LogP contribution in [0.15, 0.2) is 29.2 Å². The number of thioether (sulfide) groups is 1. The summed E-state index contributed by atoms with van der Waals surface area (Å²) in [5.74, 6) is 0.441. The summed E-state index contributed by atoms with van der Waals surface area (Å²) in [4.78, 5) is 27.7. The molecule has 0 aliphatic heterocycles. The van der Waals surface area contributed by atoms with Crippen molar-refractivity contribution in [2.45, 2.75) is 31.1 Å². The number of benzene rings is 1. The molecule has 2 amide bonds. The van der Waals surface area contributed by atoms with E-state index in [9.17, 15) is 9.59 Å². The lowest BCUT2D eigenvalue weighted by Gasteiger charge is -2.16. The van der Waals surface area contributed by atoms with E-state index in [4.69, 9.17) is 4.74 Å². The van der Waals surface area contributed by atoms with Gasteiger partial charge < -0.3 is 4.74 Å². The molecule has 5 nitrogen and oxygen atoms in total. The number of rotatable bonds is 4. The number of hydrogen-bond donors (Lipinski definition) is 2. The molecule has 7 heteroatoms. The maximum absolute atomic E-state index is 12.4. The number of ether oxygens (including phenoxy) is 1. The molecule has 0 spiro atoms. The van der Waals surface area contributed by atoms with Crippen molar-refractivity contribution in [2.75, 3.05) is 13.4 Å². The molecule has 138 valence electrons. The average molecular weight is 391 g/mol. The maximum Gasteiger partial charge on any atom is 0.279 e. The smallest absolute Gasteiger partial charge is 0.279 e. The van der Waals surface area contributed by atoms with Gasteiger partial charge in [-0.1, -0.05) is 6.92 Å². The highest BCUT2D eigenvalue weighted by Gasteiger charge is 2.21. The van der Waals surface area contributed by atoms with Gasteiger partial charge in [0.2, 0.25) is 0 Å². The molecule has 0 saturated carbocycles. The first-order chi connectivity index (χ1) is 12.5. The predicted molar refractivity (Wildman–Crippen MR) is 105 cm³/mol. The van der Waals surface area contributed by atoms with Crippen molar-refractivity contribution in [2.24, 2.45) is 5.92 Å². The van der Waals surface area contributed by atoms with Crippen molar-refractivity contribution in [3.63, 3.8) is 0 Å². The molecule has 1 aromatic heterocycles. The molecule has 26 heavy (non-hydrogen) atoms. The third-order valence-electron chi connectivity index (χ3n) is 4.50. The van der Waals surface area contributed by atoms with Crippen LogP contribution in [0.5, 0.6) is 5.75 Å². The number of thiophene rings is 1. The predicted octanol–water partition coefficient (Wildman–Crippen LogP) is 3.68. The van der Waals surface area contributed by atoms with Gasteiger partial charge in [-0.05, 0) is 61.3 Å². The zero-order chi connectivity index (χ0) is 18.7.